The van der Waals surface area contributed by atoms with Crippen molar-refractivity contribution in [1.29, 1.82) is 0 Å². The van der Waals surface area contributed by atoms with E-state index in [0.29, 0.717) is 11.6 Å². The summed E-state index contributed by atoms with van der Waals surface area (Å²) in [5, 5.41) is 14.8. The van der Waals surface area contributed by atoms with Gasteiger partial charge in [-0.15, -0.1) is 0 Å². The summed E-state index contributed by atoms with van der Waals surface area (Å²) in [4.78, 5) is 18.8. The molecule has 0 aliphatic heterocycles. The lowest BCUT2D eigenvalue weighted by Crippen LogP contribution is -2.25. The van der Waals surface area contributed by atoms with Gasteiger partial charge in [-0.2, -0.15) is 0 Å². The number of hydrogen-bond acceptors (Lipinski definition) is 5. The number of unbranched alkanes of at least 4 members (excludes halogenated alkanes) is 2. The predicted molar refractivity (Wildman–Crippen MR) is 70.8 cm³/mol. The summed E-state index contributed by atoms with van der Waals surface area (Å²) in [7, 11) is 0. The Labute approximate surface area is 107 Å². The molecule has 0 spiro atoms. The SMILES string of the molecule is CCCCCNc1cc(NC(C)C(=O)O)ncn1. The van der Waals surface area contributed by atoms with Crippen molar-refractivity contribution >= 4 is 17.6 Å². The van der Waals surface area contributed by atoms with Crippen molar-refractivity contribution in [2.75, 3.05) is 17.2 Å². The van der Waals surface area contributed by atoms with Crippen LogP contribution in [0.1, 0.15) is 33.1 Å². The fraction of sp³-hybridized carbons (Fsp3) is 0.583. The number of carboxylic acids is 1. The standard InChI is InChI=1S/C12H20N4O2/c1-3-4-5-6-13-10-7-11(15-8-14-10)16-9(2)12(17)18/h7-9H,3-6H2,1-2H3,(H,17,18)(H2,13,14,15,16). The highest BCUT2D eigenvalue weighted by Crippen LogP contribution is 2.10. The fourth-order valence-electron chi connectivity index (χ4n) is 1.41. The van der Waals surface area contributed by atoms with Crippen molar-refractivity contribution in [3.63, 3.8) is 0 Å². The maximum Gasteiger partial charge on any atom is 0.325 e. The average molecular weight is 252 g/mol. The normalized spacial score (nSPS) is 11.9. The minimum Gasteiger partial charge on any atom is -0.480 e. The number of nitrogens with one attached hydrogen (secondary N) is 2. The van der Waals surface area contributed by atoms with Crippen molar-refractivity contribution < 1.29 is 9.90 Å². The van der Waals surface area contributed by atoms with E-state index in [1.54, 1.807) is 13.0 Å². The second kappa shape index (κ2) is 7.47. The number of hydrogen-bond donors (Lipinski definition) is 3. The molecule has 1 heterocycles. The monoisotopic (exact) mass is 252 g/mol. The highest BCUT2D eigenvalue weighted by molar-refractivity contribution is 5.76. The molecule has 0 saturated heterocycles. The minimum absolute atomic E-state index is 0.512. The molecule has 0 saturated carbocycles. The molecule has 0 fully saturated rings. The largest absolute Gasteiger partial charge is 0.480 e. The molecule has 1 rings (SSSR count). The molecule has 1 aromatic rings. The van der Waals surface area contributed by atoms with Crippen molar-refractivity contribution in [3.05, 3.63) is 12.4 Å². The highest BCUT2D eigenvalue weighted by atomic mass is 16.4. The zero-order chi connectivity index (χ0) is 13.4. The fourth-order valence-corrected chi connectivity index (χ4v) is 1.41. The molecule has 6 nitrogen and oxygen atoms in total. The van der Waals surface area contributed by atoms with Gasteiger partial charge in [0.15, 0.2) is 0 Å². The lowest BCUT2D eigenvalue weighted by molar-refractivity contribution is -0.137. The van der Waals surface area contributed by atoms with Crippen LogP contribution >= 0.6 is 0 Å². The highest BCUT2D eigenvalue weighted by Gasteiger charge is 2.10. The first-order valence-electron chi connectivity index (χ1n) is 6.18. The summed E-state index contributed by atoms with van der Waals surface area (Å²) in [5.74, 6) is 0.310. The molecule has 100 valence electrons. The molecule has 18 heavy (non-hydrogen) atoms. The van der Waals surface area contributed by atoms with Gasteiger partial charge in [-0.3, -0.25) is 4.79 Å². The summed E-state index contributed by atoms with van der Waals surface area (Å²) >= 11 is 0. The van der Waals surface area contributed by atoms with Gasteiger partial charge >= 0.3 is 5.97 Å². The number of aromatic nitrogens is 2. The van der Waals surface area contributed by atoms with Crippen LogP contribution in [0, 0.1) is 0 Å². The first kappa shape index (κ1) is 14.2. The zero-order valence-corrected chi connectivity index (χ0v) is 10.8. The van der Waals surface area contributed by atoms with Crippen LogP contribution in [0.4, 0.5) is 11.6 Å². The Morgan fingerprint density at radius 3 is 2.78 bits per heavy atom. The molecule has 0 aliphatic rings. The van der Waals surface area contributed by atoms with E-state index in [4.69, 9.17) is 5.11 Å². The molecule has 6 heteroatoms. The molecule has 0 radical (unpaired) electrons. The van der Waals surface area contributed by atoms with E-state index in [-0.39, 0.29) is 0 Å². The second-order valence-electron chi connectivity index (χ2n) is 4.13. The summed E-state index contributed by atoms with van der Waals surface area (Å²) in [6.07, 6.45) is 4.86. The minimum atomic E-state index is -0.911. The maximum atomic E-state index is 10.7. The molecule has 0 aromatic carbocycles. The molecular formula is C12H20N4O2. The summed E-state index contributed by atoms with van der Waals surface area (Å²) in [6.45, 7) is 4.58. The van der Waals surface area contributed by atoms with Gasteiger partial charge in [-0.1, -0.05) is 19.8 Å². The van der Waals surface area contributed by atoms with Crippen LogP contribution in [-0.2, 0) is 4.79 Å². The number of nitrogens with zero attached hydrogens (tertiary/aromatic N) is 2. The lowest BCUT2D eigenvalue weighted by Gasteiger charge is -2.11. The third-order valence-electron chi connectivity index (χ3n) is 2.49. The van der Waals surface area contributed by atoms with Gasteiger partial charge in [0, 0.05) is 12.6 Å². The Morgan fingerprint density at radius 2 is 2.11 bits per heavy atom. The van der Waals surface area contributed by atoms with Gasteiger partial charge < -0.3 is 15.7 Å². The predicted octanol–water partition coefficient (Wildman–Crippen LogP) is 1.96. The van der Waals surface area contributed by atoms with Crippen LogP contribution in [0.25, 0.3) is 0 Å². The molecule has 1 atom stereocenters. The Hall–Kier alpha value is -1.85. The van der Waals surface area contributed by atoms with Crippen LogP contribution in [0.15, 0.2) is 12.4 Å². The van der Waals surface area contributed by atoms with Gasteiger partial charge in [0.2, 0.25) is 0 Å². The Kier molecular flexibility index (Phi) is 5.90. The van der Waals surface area contributed by atoms with E-state index in [2.05, 4.69) is 27.5 Å². The molecule has 1 aromatic heterocycles. The van der Waals surface area contributed by atoms with E-state index in [1.807, 2.05) is 0 Å². The number of carbonyl (C=O) groups is 1. The number of carboxylic acid groups (broad SMARTS) is 1. The lowest BCUT2D eigenvalue weighted by atomic mass is 10.2. The van der Waals surface area contributed by atoms with Crippen molar-refractivity contribution in [3.8, 4) is 0 Å². The zero-order valence-electron chi connectivity index (χ0n) is 10.8. The molecular weight excluding hydrogens is 232 g/mol. The quantitative estimate of drug-likeness (QED) is 0.613. The molecule has 0 aliphatic carbocycles. The number of rotatable bonds is 8. The topological polar surface area (TPSA) is 87.1 Å². The van der Waals surface area contributed by atoms with Gasteiger partial charge in [0.1, 0.15) is 24.0 Å². The van der Waals surface area contributed by atoms with Crippen molar-refractivity contribution in [1.82, 2.24) is 9.97 Å². The Morgan fingerprint density at radius 1 is 1.39 bits per heavy atom. The first-order valence-corrected chi connectivity index (χ1v) is 6.18. The van der Waals surface area contributed by atoms with E-state index in [0.717, 1.165) is 13.0 Å². The van der Waals surface area contributed by atoms with Crippen molar-refractivity contribution in [2.24, 2.45) is 0 Å². The first-order chi connectivity index (χ1) is 8.63. The van der Waals surface area contributed by atoms with Gasteiger partial charge in [0.25, 0.3) is 0 Å². The van der Waals surface area contributed by atoms with Crippen LogP contribution in [0.2, 0.25) is 0 Å². The summed E-state index contributed by atoms with van der Waals surface area (Å²) in [5.41, 5.74) is 0. The molecule has 0 amide bonds. The smallest absolute Gasteiger partial charge is 0.325 e. The van der Waals surface area contributed by atoms with Crippen molar-refractivity contribution in [2.45, 2.75) is 39.2 Å². The maximum absolute atomic E-state index is 10.7. The average Bonchev–Trinajstić information content (AvgIpc) is 2.35. The molecule has 0 bridgehead atoms. The van der Waals surface area contributed by atoms with Crippen LogP contribution in [0.5, 0.6) is 0 Å². The number of anilines is 2. The number of aliphatic carboxylic acids is 1. The van der Waals surface area contributed by atoms with E-state index in [1.165, 1.54) is 19.2 Å². The third kappa shape index (κ3) is 4.99. The Bertz CT molecular complexity index is 384. The van der Waals surface area contributed by atoms with Crippen LogP contribution in [-0.4, -0.2) is 33.6 Å². The Balaban J connectivity index is 2.48. The van der Waals surface area contributed by atoms with E-state index < -0.39 is 12.0 Å². The van der Waals surface area contributed by atoms with Gasteiger partial charge in [-0.05, 0) is 13.3 Å². The van der Waals surface area contributed by atoms with Gasteiger partial charge in [-0.25, -0.2) is 9.97 Å². The molecule has 1 unspecified atom stereocenters. The summed E-state index contributed by atoms with van der Waals surface area (Å²) < 4.78 is 0. The van der Waals surface area contributed by atoms with Crippen LogP contribution in [0.3, 0.4) is 0 Å². The third-order valence-corrected chi connectivity index (χ3v) is 2.49. The van der Waals surface area contributed by atoms with Gasteiger partial charge in [0.05, 0.1) is 0 Å². The van der Waals surface area contributed by atoms with E-state index in [9.17, 15) is 4.79 Å². The second-order valence-corrected chi connectivity index (χ2v) is 4.13. The van der Waals surface area contributed by atoms with Crippen LogP contribution < -0.4 is 10.6 Å². The molecule has 3 N–H and O–H groups in total. The van der Waals surface area contributed by atoms with E-state index >= 15 is 0 Å². The summed E-state index contributed by atoms with van der Waals surface area (Å²) in [6, 6.07) is 1.04.